The van der Waals surface area contributed by atoms with E-state index in [1.807, 2.05) is 6.92 Å². The molecule has 164 valence electrons. The Balaban J connectivity index is 2.02. The first kappa shape index (κ1) is 22.3. The first-order valence-electron chi connectivity index (χ1n) is 9.97. The predicted molar refractivity (Wildman–Crippen MR) is 113 cm³/mol. The highest BCUT2D eigenvalue weighted by Gasteiger charge is 2.45. The van der Waals surface area contributed by atoms with Gasteiger partial charge >= 0.3 is 0 Å². The molecule has 1 fully saturated rings. The number of rotatable bonds is 9. The molecule has 1 amide bonds. The van der Waals surface area contributed by atoms with Crippen LogP contribution in [0.15, 0.2) is 54.1 Å². The zero-order valence-corrected chi connectivity index (χ0v) is 17.2. The van der Waals surface area contributed by atoms with Gasteiger partial charge in [-0.15, -0.1) is 0 Å². The van der Waals surface area contributed by atoms with Crippen LogP contribution in [-0.4, -0.2) is 64.9 Å². The van der Waals surface area contributed by atoms with Crippen LogP contribution in [0.1, 0.15) is 24.1 Å². The van der Waals surface area contributed by atoms with Crippen LogP contribution in [0.5, 0.6) is 11.5 Å². The van der Waals surface area contributed by atoms with Crippen molar-refractivity contribution in [1.82, 2.24) is 4.90 Å². The molecule has 0 radical (unpaired) electrons. The molecule has 2 aromatic rings. The SMILES string of the molecule is CCOc1ccc(C(O)=C2C(=O)C(=O)N(CCOCCO)[C@H]2c2ccc(O)cc2)cc1. The molecule has 31 heavy (non-hydrogen) atoms. The summed E-state index contributed by atoms with van der Waals surface area (Å²) in [6.07, 6.45) is 0. The minimum Gasteiger partial charge on any atom is -0.508 e. The van der Waals surface area contributed by atoms with Gasteiger partial charge in [0.25, 0.3) is 11.7 Å². The van der Waals surface area contributed by atoms with Crippen molar-refractivity contribution in [3.05, 3.63) is 65.2 Å². The standard InChI is InChI=1S/C23H25NO7/c1-2-31-18-9-5-16(6-10-18)21(27)19-20(15-3-7-17(26)8-4-15)24(23(29)22(19)28)11-13-30-14-12-25/h3-10,20,25-27H,2,11-14H2,1H3/t20-/m0/s1. The molecule has 0 spiro atoms. The van der Waals surface area contributed by atoms with Gasteiger partial charge in [-0.3, -0.25) is 9.59 Å². The van der Waals surface area contributed by atoms with Crippen LogP contribution in [0, 0.1) is 0 Å². The molecule has 1 aliphatic heterocycles. The second-order valence-electron chi connectivity index (χ2n) is 6.88. The summed E-state index contributed by atoms with van der Waals surface area (Å²) in [5.74, 6) is -1.18. The fraction of sp³-hybridized carbons (Fsp3) is 0.304. The molecule has 0 aromatic heterocycles. The Bertz CT molecular complexity index is 951. The number of nitrogens with zero attached hydrogens (tertiary/aromatic N) is 1. The van der Waals surface area contributed by atoms with E-state index in [4.69, 9.17) is 14.6 Å². The van der Waals surface area contributed by atoms with Gasteiger partial charge in [0.05, 0.1) is 38.0 Å². The molecule has 3 rings (SSSR count). The number of phenolic OH excluding ortho intramolecular Hbond substituents is 1. The van der Waals surface area contributed by atoms with Crippen molar-refractivity contribution in [2.75, 3.05) is 33.0 Å². The molecule has 1 saturated heterocycles. The predicted octanol–water partition coefficient (Wildman–Crippen LogP) is 2.22. The first-order valence-corrected chi connectivity index (χ1v) is 9.97. The first-order chi connectivity index (χ1) is 15.0. The van der Waals surface area contributed by atoms with E-state index in [1.165, 1.54) is 17.0 Å². The van der Waals surface area contributed by atoms with E-state index in [2.05, 4.69) is 0 Å². The van der Waals surface area contributed by atoms with Gasteiger partial charge < -0.3 is 29.7 Å². The molecule has 2 aromatic carbocycles. The lowest BCUT2D eigenvalue weighted by molar-refractivity contribution is -0.140. The summed E-state index contributed by atoms with van der Waals surface area (Å²) in [5.41, 5.74) is 0.899. The number of carbonyl (C=O) groups excluding carboxylic acids is 2. The molecule has 1 atom stereocenters. The van der Waals surface area contributed by atoms with Gasteiger partial charge in [-0.2, -0.15) is 0 Å². The normalized spacial score (nSPS) is 17.9. The topological polar surface area (TPSA) is 117 Å². The van der Waals surface area contributed by atoms with Gasteiger partial charge in [-0.1, -0.05) is 12.1 Å². The number of carbonyl (C=O) groups is 2. The van der Waals surface area contributed by atoms with Crippen molar-refractivity contribution in [3.63, 3.8) is 0 Å². The maximum Gasteiger partial charge on any atom is 0.295 e. The Morgan fingerprint density at radius 2 is 1.71 bits per heavy atom. The van der Waals surface area contributed by atoms with E-state index in [9.17, 15) is 19.8 Å². The lowest BCUT2D eigenvalue weighted by Gasteiger charge is -2.25. The van der Waals surface area contributed by atoms with Crippen molar-refractivity contribution < 1.29 is 34.4 Å². The molecule has 0 aliphatic carbocycles. The molecule has 0 bridgehead atoms. The van der Waals surface area contributed by atoms with Gasteiger partial charge in [0, 0.05) is 12.1 Å². The van der Waals surface area contributed by atoms with Crippen molar-refractivity contribution >= 4 is 17.4 Å². The Hall–Kier alpha value is -3.36. The third-order valence-electron chi connectivity index (χ3n) is 4.90. The molecule has 1 aliphatic rings. The number of aliphatic hydroxyl groups is 2. The van der Waals surface area contributed by atoms with E-state index < -0.39 is 17.7 Å². The second kappa shape index (κ2) is 10.1. The molecule has 0 unspecified atom stereocenters. The summed E-state index contributed by atoms with van der Waals surface area (Å²) in [5, 5.41) is 29.5. The maximum atomic E-state index is 12.9. The van der Waals surface area contributed by atoms with Gasteiger partial charge in [-0.05, 0) is 48.9 Å². The maximum absolute atomic E-state index is 12.9. The molecule has 8 heteroatoms. The second-order valence-corrected chi connectivity index (χ2v) is 6.88. The van der Waals surface area contributed by atoms with E-state index >= 15 is 0 Å². The van der Waals surface area contributed by atoms with Crippen LogP contribution >= 0.6 is 0 Å². The van der Waals surface area contributed by atoms with Gasteiger partial charge in [0.1, 0.15) is 17.3 Å². The largest absolute Gasteiger partial charge is 0.508 e. The Morgan fingerprint density at radius 1 is 1.03 bits per heavy atom. The number of Topliss-reactive ketones (excluding diaryl/α,β-unsaturated/α-hetero) is 1. The number of likely N-dealkylation sites (tertiary alicyclic amines) is 1. The molecule has 1 heterocycles. The lowest BCUT2D eigenvalue weighted by Crippen LogP contribution is -2.33. The Morgan fingerprint density at radius 3 is 2.32 bits per heavy atom. The summed E-state index contributed by atoms with van der Waals surface area (Å²) in [6, 6.07) is 11.8. The highest BCUT2D eigenvalue weighted by molar-refractivity contribution is 6.46. The van der Waals surface area contributed by atoms with Crippen LogP contribution in [0.4, 0.5) is 0 Å². The minimum absolute atomic E-state index is 0.0398. The zero-order valence-electron chi connectivity index (χ0n) is 17.2. The van der Waals surface area contributed by atoms with Crippen molar-refractivity contribution in [3.8, 4) is 11.5 Å². The summed E-state index contributed by atoms with van der Waals surface area (Å²) in [7, 11) is 0. The van der Waals surface area contributed by atoms with Crippen LogP contribution in [0.3, 0.4) is 0 Å². The molecule has 8 nitrogen and oxygen atoms in total. The van der Waals surface area contributed by atoms with Crippen LogP contribution in [-0.2, 0) is 14.3 Å². The Kier molecular flexibility index (Phi) is 7.28. The number of phenols is 1. The number of amides is 1. The number of aromatic hydroxyl groups is 1. The van der Waals surface area contributed by atoms with Crippen molar-refractivity contribution in [1.29, 1.82) is 0 Å². The smallest absolute Gasteiger partial charge is 0.295 e. The summed E-state index contributed by atoms with van der Waals surface area (Å²) >= 11 is 0. The van der Waals surface area contributed by atoms with Crippen LogP contribution in [0.25, 0.3) is 5.76 Å². The third kappa shape index (κ3) is 4.87. The third-order valence-corrected chi connectivity index (χ3v) is 4.90. The number of ketones is 1. The Labute approximate surface area is 180 Å². The minimum atomic E-state index is -0.843. The summed E-state index contributed by atoms with van der Waals surface area (Å²) in [4.78, 5) is 27.0. The highest BCUT2D eigenvalue weighted by atomic mass is 16.5. The van der Waals surface area contributed by atoms with Gasteiger partial charge in [0.2, 0.25) is 0 Å². The average molecular weight is 427 g/mol. The quantitative estimate of drug-likeness (QED) is 0.243. The van der Waals surface area contributed by atoms with Crippen molar-refractivity contribution in [2.45, 2.75) is 13.0 Å². The molecular weight excluding hydrogens is 402 g/mol. The lowest BCUT2D eigenvalue weighted by atomic mass is 9.95. The van der Waals surface area contributed by atoms with Crippen LogP contribution < -0.4 is 4.74 Å². The molecule has 0 saturated carbocycles. The van der Waals surface area contributed by atoms with E-state index in [0.717, 1.165) is 0 Å². The summed E-state index contributed by atoms with van der Waals surface area (Å²) in [6.45, 7) is 2.52. The van der Waals surface area contributed by atoms with Crippen LogP contribution in [0.2, 0.25) is 0 Å². The fourth-order valence-electron chi connectivity index (χ4n) is 3.47. The number of hydrogen-bond acceptors (Lipinski definition) is 7. The van der Waals surface area contributed by atoms with E-state index in [-0.39, 0.29) is 43.4 Å². The highest BCUT2D eigenvalue weighted by Crippen LogP contribution is 2.39. The van der Waals surface area contributed by atoms with E-state index in [1.54, 1.807) is 36.4 Å². The monoisotopic (exact) mass is 427 g/mol. The number of aliphatic hydroxyl groups excluding tert-OH is 2. The number of benzene rings is 2. The summed E-state index contributed by atoms with van der Waals surface area (Å²) < 4.78 is 10.7. The van der Waals surface area contributed by atoms with Gasteiger partial charge in [0.15, 0.2) is 0 Å². The number of ether oxygens (including phenoxy) is 2. The van der Waals surface area contributed by atoms with E-state index in [0.29, 0.717) is 23.5 Å². The fourth-order valence-corrected chi connectivity index (χ4v) is 3.47. The van der Waals surface area contributed by atoms with Gasteiger partial charge in [-0.25, -0.2) is 0 Å². The van der Waals surface area contributed by atoms with Crippen molar-refractivity contribution in [2.24, 2.45) is 0 Å². The zero-order chi connectivity index (χ0) is 22.4. The molecular formula is C23H25NO7. The molecule has 3 N–H and O–H groups in total. The average Bonchev–Trinajstić information content (AvgIpc) is 3.02. The number of hydrogen-bond donors (Lipinski definition) is 3.